The van der Waals surface area contributed by atoms with E-state index in [1.165, 1.54) is 0 Å². The Morgan fingerprint density at radius 1 is 1.14 bits per heavy atom. The van der Waals surface area contributed by atoms with E-state index < -0.39 is 0 Å². The number of benzene rings is 2. The number of hydrogen-bond donors (Lipinski definition) is 1. The summed E-state index contributed by atoms with van der Waals surface area (Å²) in [4.78, 5) is 11.9. The lowest BCUT2D eigenvalue weighted by atomic mass is 10.1. The average molecular weight is 304 g/mol. The number of ether oxygens (including phenoxy) is 1. The number of carbonyl (C=O) groups excluding carboxylic acids is 1. The zero-order chi connectivity index (χ0) is 15.1. The fourth-order valence-corrected chi connectivity index (χ4v) is 2.26. The quantitative estimate of drug-likeness (QED) is 0.826. The van der Waals surface area contributed by atoms with Gasteiger partial charge < -0.3 is 10.1 Å². The predicted octanol–water partition coefficient (Wildman–Crippen LogP) is 3.71. The Morgan fingerprint density at radius 3 is 2.52 bits per heavy atom. The van der Waals surface area contributed by atoms with Crippen LogP contribution in [0.4, 0.5) is 0 Å². The van der Waals surface area contributed by atoms with E-state index in [-0.39, 0.29) is 5.91 Å². The topological polar surface area (TPSA) is 38.3 Å². The number of nitrogens with one attached hydrogen (secondary N) is 1. The summed E-state index contributed by atoms with van der Waals surface area (Å²) in [5.41, 5.74) is 1.74. The average Bonchev–Trinajstić information content (AvgIpc) is 2.53. The van der Waals surface area contributed by atoms with E-state index in [0.29, 0.717) is 12.1 Å². The molecule has 0 atom stereocenters. The van der Waals surface area contributed by atoms with E-state index in [0.717, 1.165) is 29.2 Å². The summed E-state index contributed by atoms with van der Waals surface area (Å²) in [5, 5.41) is 3.68. The molecular formula is C17H18ClNO2. The van der Waals surface area contributed by atoms with Crippen molar-refractivity contribution < 1.29 is 9.53 Å². The monoisotopic (exact) mass is 303 g/mol. The molecule has 0 saturated carbocycles. The van der Waals surface area contributed by atoms with E-state index >= 15 is 0 Å². The van der Waals surface area contributed by atoms with Crippen LogP contribution < -0.4 is 10.1 Å². The van der Waals surface area contributed by atoms with Gasteiger partial charge in [0.25, 0.3) is 5.91 Å². The summed E-state index contributed by atoms with van der Waals surface area (Å²) in [5.74, 6) is 0.669. The second-order valence-corrected chi connectivity index (χ2v) is 5.09. The summed E-state index contributed by atoms with van der Waals surface area (Å²) in [6.45, 7) is 0.621. The summed E-state index contributed by atoms with van der Waals surface area (Å²) in [6.07, 6.45) is 1.70. The van der Waals surface area contributed by atoms with Crippen molar-refractivity contribution >= 4 is 17.5 Å². The predicted molar refractivity (Wildman–Crippen MR) is 85.1 cm³/mol. The van der Waals surface area contributed by atoms with Gasteiger partial charge in [0.15, 0.2) is 0 Å². The van der Waals surface area contributed by atoms with Gasteiger partial charge in [-0.05, 0) is 48.7 Å². The minimum absolute atomic E-state index is 0.0724. The molecule has 0 bridgehead atoms. The Labute approximate surface area is 129 Å². The first-order chi connectivity index (χ1) is 10.2. The van der Waals surface area contributed by atoms with Gasteiger partial charge in [-0.25, -0.2) is 0 Å². The lowest BCUT2D eigenvalue weighted by molar-refractivity contribution is 0.0953. The second-order valence-electron chi connectivity index (χ2n) is 4.68. The van der Waals surface area contributed by atoms with Gasteiger partial charge in [-0.3, -0.25) is 4.79 Å². The number of hydrogen-bond acceptors (Lipinski definition) is 2. The maximum Gasteiger partial charge on any atom is 0.251 e. The SMILES string of the molecule is COc1ccc(C(=O)NCCCc2ccccc2Cl)cc1. The normalized spacial score (nSPS) is 10.2. The van der Waals surface area contributed by atoms with E-state index in [9.17, 15) is 4.79 Å². The molecule has 0 unspecified atom stereocenters. The van der Waals surface area contributed by atoms with Crippen LogP contribution in [0.1, 0.15) is 22.3 Å². The van der Waals surface area contributed by atoms with Crippen molar-refractivity contribution in [3.8, 4) is 5.75 Å². The molecule has 2 rings (SSSR count). The molecule has 2 aromatic carbocycles. The van der Waals surface area contributed by atoms with Crippen LogP contribution in [0.5, 0.6) is 5.75 Å². The van der Waals surface area contributed by atoms with Crippen LogP contribution in [-0.4, -0.2) is 19.6 Å². The van der Waals surface area contributed by atoms with Crippen molar-refractivity contribution in [2.75, 3.05) is 13.7 Å². The van der Waals surface area contributed by atoms with Gasteiger partial charge in [-0.1, -0.05) is 29.8 Å². The summed E-state index contributed by atoms with van der Waals surface area (Å²) in [6, 6.07) is 14.8. The molecule has 0 aromatic heterocycles. The second kappa shape index (κ2) is 7.70. The van der Waals surface area contributed by atoms with Crippen molar-refractivity contribution in [3.63, 3.8) is 0 Å². The Bertz CT molecular complexity index is 596. The first-order valence-corrected chi connectivity index (χ1v) is 7.24. The standard InChI is InChI=1S/C17H18ClNO2/c1-21-15-10-8-14(9-11-15)17(20)19-12-4-6-13-5-2-3-7-16(13)18/h2-3,5,7-11H,4,6,12H2,1H3,(H,19,20). The summed E-state index contributed by atoms with van der Waals surface area (Å²) >= 11 is 6.09. The molecule has 0 saturated heterocycles. The number of amides is 1. The molecule has 0 aliphatic rings. The van der Waals surface area contributed by atoms with Gasteiger partial charge in [0.1, 0.15) is 5.75 Å². The van der Waals surface area contributed by atoms with E-state index in [4.69, 9.17) is 16.3 Å². The Balaban J connectivity index is 1.77. The van der Waals surface area contributed by atoms with Gasteiger partial charge in [-0.15, -0.1) is 0 Å². The zero-order valence-corrected chi connectivity index (χ0v) is 12.7. The molecule has 0 aliphatic heterocycles. The maximum atomic E-state index is 11.9. The van der Waals surface area contributed by atoms with Crippen LogP contribution >= 0.6 is 11.6 Å². The fraction of sp³-hybridized carbons (Fsp3) is 0.235. The molecule has 3 nitrogen and oxygen atoms in total. The number of rotatable bonds is 6. The van der Waals surface area contributed by atoms with Crippen molar-refractivity contribution in [1.82, 2.24) is 5.32 Å². The molecule has 0 heterocycles. The van der Waals surface area contributed by atoms with Crippen LogP contribution in [0.3, 0.4) is 0 Å². The highest BCUT2D eigenvalue weighted by Gasteiger charge is 2.05. The van der Waals surface area contributed by atoms with Gasteiger partial charge >= 0.3 is 0 Å². The van der Waals surface area contributed by atoms with Crippen molar-refractivity contribution in [1.29, 1.82) is 0 Å². The minimum atomic E-state index is -0.0724. The Morgan fingerprint density at radius 2 is 1.86 bits per heavy atom. The van der Waals surface area contributed by atoms with Crippen LogP contribution in [0, 0.1) is 0 Å². The van der Waals surface area contributed by atoms with Crippen LogP contribution in [-0.2, 0) is 6.42 Å². The van der Waals surface area contributed by atoms with E-state index in [1.807, 2.05) is 24.3 Å². The molecule has 1 N–H and O–H groups in total. The Hall–Kier alpha value is -2.00. The molecule has 0 aliphatic carbocycles. The zero-order valence-electron chi connectivity index (χ0n) is 11.9. The maximum absolute atomic E-state index is 11.9. The van der Waals surface area contributed by atoms with Gasteiger partial charge in [-0.2, -0.15) is 0 Å². The highest BCUT2D eigenvalue weighted by molar-refractivity contribution is 6.31. The number of halogens is 1. The molecule has 21 heavy (non-hydrogen) atoms. The molecular weight excluding hydrogens is 286 g/mol. The lowest BCUT2D eigenvalue weighted by Crippen LogP contribution is -2.24. The fourth-order valence-electron chi connectivity index (χ4n) is 2.03. The third kappa shape index (κ3) is 4.50. The van der Waals surface area contributed by atoms with Gasteiger partial charge in [0, 0.05) is 17.1 Å². The third-order valence-corrected chi connectivity index (χ3v) is 3.59. The highest BCUT2D eigenvalue weighted by atomic mass is 35.5. The smallest absolute Gasteiger partial charge is 0.251 e. The molecule has 2 aromatic rings. The number of carbonyl (C=O) groups is 1. The van der Waals surface area contributed by atoms with Crippen molar-refractivity contribution in [2.45, 2.75) is 12.8 Å². The van der Waals surface area contributed by atoms with Crippen LogP contribution in [0.2, 0.25) is 5.02 Å². The number of methoxy groups -OCH3 is 1. The van der Waals surface area contributed by atoms with Crippen LogP contribution in [0.15, 0.2) is 48.5 Å². The Kier molecular flexibility index (Phi) is 5.64. The molecule has 0 spiro atoms. The molecule has 0 radical (unpaired) electrons. The van der Waals surface area contributed by atoms with Crippen LogP contribution in [0.25, 0.3) is 0 Å². The molecule has 110 valence electrons. The van der Waals surface area contributed by atoms with E-state index in [2.05, 4.69) is 5.32 Å². The molecule has 4 heteroatoms. The largest absolute Gasteiger partial charge is 0.497 e. The minimum Gasteiger partial charge on any atom is -0.497 e. The first-order valence-electron chi connectivity index (χ1n) is 6.86. The van der Waals surface area contributed by atoms with Gasteiger partial charge in [0.2, 0.25) is 0 Å². The number of aryl methyl sites for hydroxylation is 1. The summed E-state index contributed by atoms with van der Waals surface area (Å²) in [7, 11) is 1.60. The molecule has 0 fully saturated rings. The van der Waals surface area contributed by atoms with Crippen molar-refractivity contribution in [2.24, 2.45) is 0 Å². The van der Waals surface area contributed by atoms with Gasteiger partial charge in [0.05, 0.1) is 7.11 Å². The van der Waals surface area contributed by atoms with E-state index in [1.54, 1.807) is 31.4 Å². The first kappa shape index (κ1) is 15.4. The third-order valence-electron chi connectivity index (χ3n) is 3.22. The van der Waals surface area contributed by atoms with Crippen molar-refractivity contribution in [3.05, 3.63) is 64.7 Å². The lowest BCUT2D eigenvalue weighted by Gasteiger charge is -2.07. The molecule has 1 amide bonds. The highest BCUT2D eigenvalue weighted by Crippen LogP contribution is 2.16. The summed E-state index contributed by atoms with van der Waals surface area (Å²) < 4.78 is 5.06.